The molecule has 0 fully saturated rings. The van der Waals surface area contributed by atoms with Gasteiger partial charge in [0.1, 0.15) is 18.1 Å². The molecule has 0 saturated heterocycles. The van der Waals surface area contributed by atoms with Crippen molar-refractivity contribution in [2.75, 3.05) is 13.2 Å². The number of phenols is 1. The maximum absolute atomic E-state index is 12.2. The third kappa shape index (κ3) is 10.5. The van der Waals surface area contributed by atoms with Crippen molar-refractivity contribution in [3.8, 4) is 11.5 Å². The third-order valence-electron chi connectivity index (χ3n) is 4.48. The number of nitrogens with two attached hydrogens (primary N) is 1. The molecule has 3 amide bonds. The standard InChI is InChI=1S/C21H34N2O4/c1-2-3-4-5-6-7-8-9-10-11-20(25)23(21(22)26)16-17-27-19-14-12-18(24)13-15-19/h12-15,24H,2-11,16-17H2,1H3,(H2,22,26). The van der Waals surface area contributed by atoms with E-state index >= 15 is 0 Å². The fourth-order valence-corrected chi connectivity index (χ4v) is 2.88. The number of phenolic OH excluding ortho intramolecular Hbond substituents is 1. The summed E-state index contributed by atoms with van der Waals surface area (Å²) < 4.78 is 5.48. The van der Waals surface area contributed by atoms with E-state index in [0.717, 1.165) is 24.2 Å². The molecule has 0 aliphatic carbocycles. The number of hydrogen-bond acceptors (Lipinski definition) is 4. The Kier molecular flexibility index (Phi) is 11.7. The van der Waals surface area contributed by atoms with Crippen molar-refractivity contribution in [2.45, 2.75) is 71.1 Å². The van der Waals surface area contributed by atoms with E-state index in [1.54, 1.807) is 12.1 Å². The number of carbonyl (C=O) groups excluding carboxylic acids is 2. The van der Waals surface area contributed by atoms with Crippen LogP contribution in [0.4, 0.5) is 4.79 Å². The first-order valence-corrected chi connectivity index (χ1v) is 10.1. The molecule has 6 heteroatoms. The summed E-state index contributed by atoms with van der Waals surface area (Å²) in [6.45, 7) is 2.50. The molecule has 1 aromatic rings. The van der Waals surface area contributed by atoms with Gasteiger partial charge < -0.3 is 15.6 Å². The van der Waals surface area contributed by atoms with Crippen molar-refractivity contribution in [2.24, 2.45) is 5.73 Å². The number of benzene rings is 1. The summed E-state index contributed by atoms with van der Waals surface area (Å²) in [5.41, 5.74) is 5.32. The molecule has 1 rings (SSSR count). The van der Waals surface area contributed by atoms with Crippen LogP contribution in [0.5, 0.6) is 11.5 Å². The second-order valence-electron chi connectivity index (χ2n) is 6.80. The van der Waals surface area contributed by atoms with Crippen LogP contribution in [0.25, 0.3) is 0 Å². The molecule has 6 nitrogen and oxygen atoms in total. The van der Waals surface area contributed by atoms with Crippen molar-refractivity contribution in [1.29, 1.82) is 0 Å². The minimum absolute atomic E-state index is 0.118. The molecule has 0 radical (unpaired) electrons. The van der Waals surface area contributed by atoms with Crippen LogP contribution in [0.2, 0.25) is 0 Å². The van der Waals surface area contributed by atoms with E-state index in [4.69, 9.17) is 10.5 Å². The van der Waals surface area contributed by atoms with E-state index in [-0.39, 0.29) is 24.8 Å². The first kappa shape index (κ1) is 22.8. The summed E-state index contributed by atoms with van der Waals surface area (Å²) in [6.07, 6.45) is 10.9. The molecule has 0 unspecified atom stereocenters. The Bertz CT molecular complexity index is 546. The number of rotatable bonds is 14. The smallest absolute Gasteiger partial charge is 0.321 e. The van der Waals surface area contributed by atoms with Crippen molar-refractivity contribution in [3.05, 3.63) is 24.3 Å². The van der Waals surface area contributed by atoms with Gasteiger partial charge in [0.25, 0.3) is 0 Å². The molecule has 0 bridgehead atoms. The minimum atomic E-state index is -0.745. The molecule has 0 aliphatic rings. The molecule has 0 atom stereocenters. The molecular formula is C21H34N2O4. The normalized spacial score (nSPS) is 10.6. The summed E-state index contributed by atoms with van der Waals surface area (Å²) in [4.78, 5) is 24.8. The zero-order chi connectivity index (χ0) is 19.9. The Labute approximate surface area is 162 Å². The summed E-state index contributed by atoms with van der Waals surface area (Å²) in [6, 6.07) is 5.51. The van der Waals surface area contributed by atoms with Crippen LogP contribution >= 0.6 is 0 Å². The van der Waals surface area contributed by atoms with Crippen molar-refractivity contribution < 1.29 is 19.4 Å². The lowest BCUT2D eigenvalue weighted by molar-refractivity contribution is -0.128. The average Bonchev–Trinajstić information content (AvgIpc) is 2.65. The molecule has 3 N–H and O–H groups in total. The summed E-state index contributed by atoms with van der Waals surface area (Å²) in [7, 11) is 0. The molecule has 1 aromatic carbocycles. The second-order valence-corrected chi connectivity index (χ2v) is 6.80. The Hall–Kier alpha value is -2.24. The van der Waals surface area contributed by atoms with Crippen LogP contribution in [0.15, 0.2) is 24.3 Å². The van der Waals surface area contributed by atoms with E-state index in [0.29, 0.717) is 12.2 Å². The summed E-state index contributed by atoms with van der Waals surface area (Å²) in [5, 5.41) is 9.23. The van der Waals surface area contributed by atoms with Gasteiger partial charge in [0, 0.05) is 6.42 Å². The quantitative estimate of drug-likeness (QED) is 0.463. The SMILES string of the molecule is CCCCCCCCCCCC(=O)N(CCOc1ccc(O)cc1)C(N)=O. The highest BCUT2D eigenvalue weighted by Gasteiger charge is 2.18. The number of aromatic hydroxyl groups is 1. The predicted molar refractivity (Wildman–Crippen MR) is 107 cm³/mol. The fourth-order valence-electron chi connectivity index (χ4n) is 2.88. The number of ether oxygens (including phenoxy) is 1. The largest absolute Gasteiger partial charge is 0.508 e. The molecule has 152 valence electrons. The number of unbranched alkanes of at least 4 members (excludes halogenated alkanes) is 8. The number of imide groups is 1. The lowest BCUT2D eigenvalue weighted by Crippen LogP contribution is -2.42. The maximum Gasteiger partial charge on any atom is 0.321 e. The number of carbonyl (C=O) groups is 2. The first-order valence-electron chi connectivity index (χ1n) is 10.1. The van der Waals surface area contributed by atoms with Gasteiger partial charge in [-0.3, -0.25) is 9.69 Å². The maximum atomic E-state index is 12.2. The van der Waals surface area contributed by atoms with Crippen molar-refractivity contribution in [1.82, 2.24) is 4.90 Å². The van der Waals surface area contributed by atoms with Gasteiger partial charge in [0.2, 0.25) is 5.91 Å². The average molecular weight is 379 g/mol. The van der Waals surface area contributed by atoms with Crippen molar-refractivity contribution in [3.63, 3.8) is 0 Å². The van der Waals surface area contributed by atoms with Crippen LogP contribution < -0.4 is 10.5 Å². The van der Waals surface area contributed by atoms with E-state index in [9.17, 15) is 14.7 Å². The molecule has 0 heterocycles. The highest BCUT2D eigenvalue weighted by molar-refractivity contribution is 5.93. The number of hydrogen-bond donors (Lipinski definition) is 2. The topological polar surface area (TPSA) is 92.9 Å². The van der Waals surface area contributed by atoms with Gasteiger partial charge in [-0.05, 0) is 30.7 Å². The van der Waals surface area contributed by atoms with Gasteiger partial charge in [0.15, 0.2) is 0 Å². The zero-order valence-corrected chi connectivity index (χ0v) is 16.5. The molecule has 0 saturated carbocycles. The molecular weight excluding hydrogens is 344 g/mol. The molecule has 27 heavy (non-hydrogen) atoms. The number of nitrogens with zero attached hydrogens (tertiary/aromatic N) is 1. The van der Waals surface area contributed by atoms with Crippen LogP contribution in [0.1, 0.15) is 71.1 Å². The van der Waals surface area contributed by atoms with Gasteiger partial charge in [0.05, 0.1) is 6.54 Å². The number of primary amides is 1. The Balaban J connectivity index is 2.18. The summed E-state index contributed by atoms with van der Waals surface area (Å²) >= 11 is 0. The Morgan fingerprint density at radius 3 is 2.07 bits per heavy atom. The highest BCUT2D eigenvalue weighted by Crippen LogP contribution is 2.16. The molecule has 0 spiro atoms. The number of urea groups is 1. The predicted octanol–water partition coefficient (Wildman–Crippen LogP) is 4.60. The Morgan fingerprint density at radius 2 is 1.52 bits per heavy atom. The lowest BCUT2D eigenvalue weighted by Gasteiger charge is -2.18. The van der Waals surface area contributed by atoms with Gasteiger partial charge in [-0.25, -0.2) is 4.79 Å². The first-order chi connectivity index (χ1) is 13.0. The van der Waals surface area contributed by atoms with Crippen LogP contribution in [0.3, 0.4) is 0 Å². The van der Waals surface area contributed by atoms with E-state index in [1.807, 2.05) is 0 Å². The van der Waals surface area contributed by atoms with Gasteiger partial charge in [-0.2, -0.15) is 0 Å². The highest BCUT2D eigenvalue weighted by atomic mass is 16.5. The fraction of sp³-hybridized carbons (Fsp3) is 0.619. The lowest BCUT2D eigenvalue weighted by atomic mass is 10.1. The van der Waals surface area contributed by atoms with E-state index < -0.39 is 6.03 Å². The van der Waals surface area contributed by atoms with Gasteiger partial charge in [-0.15, -0.1) is 0 Å². The Morgan fingerprint density at radius 1 is 0.963 bits per heavy atom. The monoisotopic (exact) mass is 378 g/mol. The van der Waals surface area contributed by atoms with Crippen LogP contribution in [-0.4, -0.2) is 35.1 Å². The van der Waals surface area contributed by atoms with Crippen LogP contribution in [-0.2, 0) is 4.79 Å². The van der Waals surface area contributed by atoms with Crippen molar-refractivity contribution >= 4 is 11.9 Å². The minimum Gasteiger partial charge on any atom is -0.508 e. The van der Waals surface area contributed by atoms with Gasteiger partial charge in [-0.1, -0.05) is 58.3 Å². The van der Waals surface area contributed by atoms with Gasteiger partial charge >= 0.3 is 6.03 Å². The zero-order valence-electron chi connectivity index (χ0n) is 16.5. The molecule has 0 aliphatic heterocycles. The summed E-state index contributed by atoms with van der Waals surface area (Å²) in [5.74, 6) is 0.459. The third-order valence-corrected chi connectivity index (χ3v) is 4.48. The molecule has 0 aromatic heterocycles. The van der Waals surface area contributed by atoms with E-state index in [1.165, 1.54) is 50.7 Å². The van der Waals surface area contributed by atoms with E-state index in [2.05, 4.69) is 6.92 Å². The second kappa shape index (κ2) is 13.9. The van der Waals surface area contributed by atoms with Crippen LogP contribution in [0, 0.1) is 0 Å². The number of amides is 3.